The van der Waals surface area contributed by atoms with Gasteiger partial charge in [0.2, 0.25) is 0 Å². The molecule has 0 unspecified atom stereocenters. The molecule has 0 spiro atoms. The van der Waals surface area contributed by atoms with Gasteiger partial charge >= 0.3 is 11.9 Å². The maximum absolute atomic E-state index is 12.5. The van der Waals surface area contributed by atoms with Gasteiger partial charge in [0, 0.05) is 5.56 Å². The molecular weight excluding hydrogens is 362 g/mol. The number of nitrogens with zero attached hydrogens (tertiary/aromatic N) is 1. The van der Waals surface area contributed by atoms with Gasteiger partial charge in [-0.25, -0.2) is 9.59 Å². The van der Waals surface area contributed by atoms with Gasteiger partial charge in [0.05, 0.1) is 19.1 Å². The van der Waals surface area contributed by atoms with Crippen molar-refractivity contribution in [3.05, 3.63) is 34.7 Å². The quantitative estimate of drug-likeness (QED) is 0.545. The van der Waals surface area contributed by atoms with Crippen molar-refractivity contribution in [1.29, 1.82) is 0 Å². The highest BCUT2D eigenvalue weighted by Crippen LogP contribution is 2.35. The number of thioether (sulfide) groups is 1. The van der Waals surface area contributed by atoms with Gasteiger partial charge in [-0.3, -0.25) is 14.5 Å². The Hall–Kier alpha value is -2.81. The average molecular weight is 379 g/mol. The molecule has 9 heteroatoms. The summed E-state index contributed by atoms with van der Waals surface area (Å²) in [6.07, 6.45) is 1.47. The lowest BCUT2D eigenvalue weighted by molar-refractivity contribution is -0.148. The molecule has 0 aliphatic carbocycles. The second-order valence-electron chi connectivity index (χ2n) is 5.15. The van der Waals surface area contributed by atoms with Crippen molar-refractivity contribution in [3.8, 4) is 5.75 Å². The van der Waals surface area contributed by atoms with Gasteiger partial charge in [0.25, 0.3) is 11.1 Å². The Morgan fingerprint density at radius 1 is 1.19 bits per heavy atom. The molecule has 0 N–H and O–H groups in total. The van der Waals surface area contributed by atoms with Crippen molar-refractivity contribution >= 4 is 40.9 Å². The number of para-hydroxylation sites is 1. The van der Waals surface area contributed by atoms with Gasteiger partial charge < -0.3 is 14.2 Å². The van der Waals surface area contributed by atoms with Crippen LogP contribution in [0.3, 0.4) is 0 Å². The molecule has 1 atom stereocenters. The van der Waals surface area contributed by atoms with E-state index in [9.17, 15) is 19.2 Å². The van der Waals surface area contributed by atoms with Crippen LogP contribution in [0.25, 0.3) is 6.08 Å². The fourth-order valence-corrected chi connectivity index (χ4v) is 3.06. The van der Waals surface area contributed by atoms with Crippen molar-refractivity contribution in [2.75, 3.05) is 20.8 Å². The fraction of sp³-hybridized carbons (Fsp3) is 0.294. The van der Waals surface area contributed by atoms with Crippen LogP contribution in [0, 0.1) is 0 Å². The minimum Gasteiger partial charge on any atom is -0.481 e. The smallest absolute Gasteiger partial charge is 0.343 e. The van der Waals surface area contributed by atoms with Crippen LogP contribution < -0.4 is 4.74 Å². The summed E-state index contributed by atoms with van der Waals surface area (Å²) in [5, 5.41) is -0.563. The van der Waals surface area contributed by atoms with E-state index in [-0.39, 0.29) is 11.5 Å². The van der Waals surface area contributed by atoms with Gasteiger partial charge in [0.15, 0.2) is 6.61 Å². The predicted octanol–water partition coefficient (Wildman–Crippen LogP) is 1.84. The summed E-state index contributed by atoms with van der Waals surface area (Å²) in [4.78, 5) is 48.5. The molecular formula is C17H17NO7S. The lowest BCUT2D eigenvalue weighted by Crippen LogP contribution is -2.42. The first kappa shape index (κ1) is 19.5. The number of carbonyl (C=O) groups excluding carboxylic acids is 4. The lowest BCUT2D eigenvalue weighted by Gasteiger charge is -2.18. The van der Waals surface area contributed by atoms with E-state index in [4.69, 9.17) is 4.74 Å². The van der Waals surface area contributed by atoms with Crippen molar-refractivity contribution in [1.82, 2.24) is 4.90 Å². The highest BCUT2D eigenvalue weighted by molar-refractivity contribution is 8.18. The standard InChI is InChI=1S/C17H17NO7S/c1-10(16(21)24-3)18-15(20)13(26-17(18)22)8-11-6-4-5-7-12(11)25-9-14(19)23-2/h4-8,10H,9H2,1-3H3/b13-8+/t10-/m0/s1. The third kappa shape index (κ3) is 4.23. The van der Waals surface area contributed by atoms with E-state index in [0.29, 0.717) is 23.1 Å². The molecule has 2 amide bonds. The summed E-state index contributed by atoms with van der Waals surface area (Å²) in [6.45, 7) is 1.13. The van der Waals surface area contributed by atoms with Gasteiger partial charge in [-0.05, 0) is 30.8 Å². The highest BCUT2D eigenvalue weighted by atomic mass is 32.2. The predicted molar refractivity (Wildman–Crippen MR) is 93.2 cm³/mol. The Morgan fingerprint density at radius 3 is 2.54 bits per heavy atom. The minimum absolute atomic E-state index is 0.139. The molecule has 1 heterocycles. The molecule has 8 nitrogen and oxygen atoms in total. The highest BCUT2D eigenvalue weighted by Gasteiger charge is 2.41. The molecule has 0 aromatic heterocycles. The van der Waals surface area contributed by atoms with E-state index in [0.717, 1.165) is 4.90 Å². The zero-order chi connectivity index (χ0) is 19.3. The fourth-order valence-electron chi connectivity index (χ4n) is 2.16. The second kappa shape index (κ2) is 8.52. The lowest BCUT2D eigenvalue weighted by atomic mass is 10.1. The van der Waals surface area contributed by atoms with Crippen molar-refractivity contribution in [2.24, 2.45) is 0 Å². The van der Waals surface area contributed by atoms with Crippen LogP contribution in [0.1, 0.15) is 12.5 Å². The van der Waals surface area contributed by atoms with E-state index in [1.54, 1.807) is 24.3 Å². The summed E-state index contributed by atoms with van der Waals surface area (Å²) >= 11 is 0.714. The number of hydrogen-bond acceptors (Lipinski definition) is 8. The molecule has 26 heavy (non-hydrogen) atoms. The Bertz CT molecular complexity index is 774. The molecule has 2 rings (SSSR count). The largest absolute Gasteiger partial charge is 0.481 e. The molecule has 0 radical (unpaired) electrons. The molecule has 138 valence electrons. The molecule has 1 aliphatic heterocycles. The van der Waals surface area contributed by atoms with E-state index >= 15 is 0 Å². The normalized spacial score (nSPS) is 16.6. The van der Waals surface area contributed by atoms with E-state index < -0.39 is 29.1 Å². The number of rotatable bonds is 6. The summed E-state index contributed by atoms with van der Waals surface area (Å²) < 4.78 is 14.5. The first-order chi connectivity index (χ1) is 12.4. The number of esters is 2. The molecule has 1 aliphatic rings. The summed E-state index contributed by atoms with van der Waals surface area (Å²) in [6, 6.07) is 5.69. The molecule has 1 fully saturated rings. The topological polar surface area (TPSA) is 99.2 Å². The Morgan fingerprint density at radius 2 is 1.88 bits per heavy atom. The minimum atomic E-state index is -1.02. The Balaban J connectivity index is 2.25. The Kier molecular flexibility index (Phi) is 6.40. The number of imide groups is 1. The molecule has 1 aromatic rings. The van der Waals surface area contributed by atoms with E-state index in [2.05, 4.69) is 9.47 Å². The summed E-state index contributed by atoms with van der Waals surface area (Å²) in [7, 11) is 2.43. The molecule has 1 saturated heterocycles. The number of ether oxygens (including phenoxy) is 3. The van der Waals surface area contributed by atoms with Crippen LogP contribution in [-0.2, 0) is 23.9 Å². The third-order valence-corrected chi connectivity index (χ3v) is 4.42. The van der Waals surface area contributed by atoms with Crippen LogP contribution in [0.4, 0.5) is 4.79 Å². The SMILES string of the molecule is COC(=O)COc1ccccc1/C=C1/SC(=O)N([C@@H](C)C(=O)OC)C1=O. The number of benzene rings is 1. The van der Waals surface area contributed by atoms with Gasteiger partial charge in [-0.15, -0.1) is 0 Å². The zero-order valence-corrected chi connectivity index (χ0v) is 15.2. The first-order valence-electron chi connectivity index (χ1n) is 7.52. The van der Waals surface area contributed by atoms with Crippen LogP contribution >= 0.6 is 11.8 Å². The monoisotopic (exact) mass is 379 g/mol. The molecule has 0 saturated carbocycles. The first-order valence-corrected chi connectivity index (χ1v) is 8.34. The maximum atomic E-state index is 12.5. The number of hydrogen-bond donors (Lipinski definition) is 0. The summed E-state index contributed by atoms with van der Waals surface area (Å²) in [5.41, 5.74) is 0.507. The van der Waals surface area contributed by atoms with E-state index in [1.165, 1.54) is 27.2 Å². The van der Waals surface area contributed by atoms with Crippen LogP contribution in [-0.4, -0.2) is 54.9 Å². The molecule has 1 aromatic carbocycles. The number of carbonyl (C=O) groups is 4. The van der Waals surface area contributed by atoms with Gasteiger partial charge in [0.1, 0.15) is 11.8 Å². The Labute approximate surface area is 154 Å². The number of methoxy groups -OCH3 is 2. The third-order valence-electron chi connectivity index (χ3n) is 3.53. The number of amides is 2. The second-order valence-corrected chi connectivity index (χ2v) is 6.15. The van der Waals surface area contributed by atoms with Crippen molar-refractivity contribution in [2.45, 2.75) is 13.0 Å². The van der Waals surface area contributed by atoms with Crippen LogP contribution in [0.5, 0.6) is 5.75 Å². The van der Waals surface area contributed by atoms with Crippen LogP contribution in [0.2, 0.25) is 0 Å². The van der Waals surface area contributed by atoms with Crippen molar-refractivity contribution in [3.63, 3.8) is 0 Å². The zero-order valence-electron chi connectivity index (χ0n) is 14.4. The van der Waals surface area contributed by atoms with Crippen molar-refractivity contribution < 1.29 is 33.4 Å². The van der Waals surface area contributed by atoms with Crippen LogP contribution in [0.15, 0.2) is 29.2 Å². The van der Waals surface area contributed by atoms with Gasteiger partial charge in [-0.2, -0.15) is 0 Å². The summed E-state index contributed by atoms with van der Waals surface area (Å²) in [5.74, 6) is -1.48. The van der Waals surface area contributed by atoms with E-state index in [1.807, 2.05) is 0 Å². The molecule has 0 bridgehead atoms. The average Bonchev–Trinajstić information content (AvgIpc) is 2.92. The van der Waals surface area contributed by atoms with Gasteiger partial charge in [-0.1, -0.05) is 18.2 Å². The maximum Gasteiger partial charge on any atom is 0.343 e.